The van der Waals surface area contributed by atoms with Crippen LogP contribution in [0.2, 0.25) is 0 Å². The third-order valence-electron chi connectivity index (χ3n) is 5.17. The van der Waals surface area contributed by atoms with Gasteiger partial charge in [0.1, 0.15) is 17.1 Å². The van der Waals surface area contributed by atoms with Crippen LogP contribution in [0.3, 0.4) is 0 Å². The lowest BCUT2D eigenvalue weighted by Gasteiger charge is -2.18. The number of carbonyl (C=O) groups is 2. The summed E-state index contributed by atoms with van der Waals surface area (Å²) in [5.41, 5.74) is 1.52. The minimum atomic E-state index is -3.63. The number of carbonyl (C=O) groups excluding carboxylic acids is 1. The van der Waals surface area contributed by atoms with Crippen molar-refractivity contribution in [2.24, 2.45) is 0 Å². The van der Waals surface area contributed by atoms with E-state index in [1.165, 1.54) is 25.3 Å². The van der Waals surface area contributed by atoms with Gasteiger partial charge < -0.3 is 18.9 Å². The van der Waals surface area contributed by atoms with Crippen molar-refractivity contribution in [2.45, 2.75) is 32.1 Å². The van der Waals surface area contributed by atoms with Gasteiger partial charge in [0.05, 0.1) is 12.9 Å². The van der Waals surface area contributed by atoms with Gasteiger partial charge >= 0.3 is 16.1 Å². The SMILES string of the molecule is CCCCS(=O)(=O)Oc1ccc(N2CC(c3ccc(C(=O)O)c(OC)c3)CC2=O)cc1. The van der Waals surface area contributed by atoms with Crippen LogP contribution in [-0.2, 0) is 14.9 Å². The molecule has 1 amide bonds. The molecule has 1 saturated heterocycles. The van der Waals surface area contributed by atoms with E-state index in [0.29, 0.717) is 18.7 Å². The molecule has 0 bridgehead atoms. The van der Waals surface area contributed by atoms with E-state index in [1.54, 1.807) is 29.2 Å². The molecule has 0 spiro atoms. The van der Waals surface area contributed by atoms with Crippen molar-refractivity contribution >= 4 is 27.7 Å². The van der Waals surface area contributed by atoms with Gasteiger partial charge in [-0.1, -0.05) is 19.4 Å². The number of ether oxygens (including phenoxy) is 1. The summed E-state index contributed by atoms with van der Waals surface area (Å²) in [6, 6.07) is 11.2. The van der Waals surface area contributed by atoms with Gasteiger partial charge in [0.2, 0.25) is 5.91 Å². The molecule has 0 aromatic heterocycles. The van der Waals surface area contributed by atoms with Crippen molar-refractivity contribution in [3.05, 3.63) is 53.6 Å². The smallest absolute Gasteiger partial charge is 0.339 e. The van der Waals surface area contributed by atoms with Crippen LogP contribution in [-0.4, -0.2) is 44.8 Å². The number of amides is 1. The molecule has 1 unspecified atom stereocenters. The Morgan fingerprint density at radius 1 is 1.19 bits per heavy atom. The Morgan fingerprint density at radius 3 is 2.52 bits per heavy atom. The molecule has 1 aliphatic heterocycles. The maximum Gasteiger partial charge on any atom is 0.339 e. The highest BCUT2D eigenvalue weighted by molar-refractivity contribution is 7.87. The fourth-order valence-corrected chi connectivity index (χ4v) is 4.64. The van der Waals surface area contributed by atoms with E-state index in [0.717, 1.165) is 12.0 Å². The highest BCUT2D eigenvalue weighted by Gasteiger charge is 2.32. The van der Waals surface area contributed by atoms with Gasteiger partial charge in [0.15, 0.2) is 0 Å². The minimum absolute atomic E-state index is 0.0400. The molecule has 166 valence electrons. The van der Waals surface area contributed by atoms with Crippen LogP contribution in [0.15, 0.2) is 42.5 Å². The molecular formula is C22H25NO7S. The number of methoxy groups -OCH3 is 1. The first-order chi connectivity index (χ1) is 14.7. The Bertz CT molecular complexity index is 1060. The van der Waals surface area contributed by atoms with Gasteiger partial charge in [-0.05, 0) is 48.4 Å². The number of hydrogen-bond acceptors (Lipinski definition) is 6. The van der Waals surface area contributed by atoms with E-state index in [4.69, 9.17) is 8.92 Å². The lowest BCUT2D eigenvalue weighted by Crippen LogP contribution is -2.24. The second-order valence-corrected chi connectivity index (χ2v) is 9.05. The fraction of sp³-hybridized carbons (Fsp3) is 0.364. The largest absolute Gasteiger partial charge is 0.496 e. The number of carboxylic acids is 1. The standard InChI is InChI=1S/C22H25NO7S/c1-3-4-11-31(27,28)30-18-8-6-17(7-9-18)23-14-16(13-21(23)24)15-5-10-19(22(25)26)20(12-15)29-2/h5-10,12,16H,3-4,11,13-14H2,1-2H3,(H,25,26). The number of carboxylic acid groups (broad SMARTS) is 1. The predicted octanol–water partition coefficient (Wildman–Crippen LogP) is 3.42. The van der Waals surface area contributed by atoms with E-state index in [2.05, 4.69) is 0 Å². The lowest BCUT2D eigenvalue weighted by atomic mass is 9.96. The van der Waals surface area contributed by atoms with E-state index < -0.39 is 16.1 Å². The molecule has 31 heavy (non-hydrogen) atoms. The summed E-state index contributed by atoms with van der Waals surface area (Å²) in [4.78, 5) is 25.5. The molecule has 0 radical (unpaired) electrons. The molecular weight excluding hydrogens is 422 g/mol. The maximum absolute atomic E-state index is 12.6. The first kappa shape index (κ1) is 22.6. The van der Waals surface area contributed by atoms with Crippen molar-refractivity contribution in [3.8, 4) is 11.5 Å². The molecule has 2 aromatic carbocycles. The van der Waals surface area contributed by atoms with Crippen molar-refractivity contribution in [1.29, 1.82) is 0 Å². The first-order valence-corrected chi connectivity index (χ1v) is 11.6. The first-order valence-electron chi connectivity index (χ1n) is 9.98. The summed E-state index contributed by atoms with van der Waals surface area (Å²) in [5, 5.41) is 9.23. The van der Waals surface area contributed by atoms with Gasteiger partial charge in [0, 0.05) is 24.6 Å². The van der Waals surface area contributed by atoms with Crippen LogP contribution in [0, 0.1) is 0 Å². The van der Waals surface area contributed by atoms with Gasteiger partial charge in [-0.2, -0.15) is 8.42 Å². The summed E-state index contributed by atoms with van der Waals surface area (Å²) < 4.78 is 34.2. The summed E-state index contributed by atoms with van der Waals surface area (Å²) in [6.45, 7) is 2.32. The van der Waals surface area contributed by atoms with Crippen molar-refractivity contribution in [3.63, 3.8) is 0 Å². The van der Waals surface area contributed by atoms with Crippen LogP contribution in [0.1, 0.15) is 48.0 Å². The van der Waals surface area contributed by atoms with Crippen LogP contribution in [0.4, 0.5) is 5.69 Å². The number of anilines is 1. The van der Waals surface area contributed by atoms with Gasteiger partial charge in [-0.3, -0.25) is 4.79 Å². The molecule has 3 rings (SSSR count). The minimum Gasteiger partial charge on any atom is -0.496 e. The van der Waals surface area contributed by atoms with Crippen LogP contribution >= 0.6 is 0 Å². The average molecular weight is 448 g/mol. The zero-order valence-corrected chi connectivity index (χ0v) is 18.2. The predicted molar refractivity (Wildman–Crippen MR) is 115 cm³/mol. The maximum atomic E-state index is 12.6. The number of unbranched alkanes of at least 4 members (excludes halogenated alkanes) is 1. The molecule has 9 heteroatoms. The topological polar surface area (TPSA) is 110 Å². The third kappa shape index (κ3) is 5.35. The second kappa shape index (κ2) is 9.38. The quantitative estimate of drug-likeness (QED) is 0.587. The summed E-state index contributed by atoms with van der Waals surface area (Å²) in [5.74, 6) is -0.850. The highest BCUT2D eigenvalue weighted by atomic mass is 32.2. The van der Waals surface area contributed by atoms with Crippen LogP contribution in [0.5, 0.6) is 11.5 Å². The van der Waals surface area contributed by atoms with Crippen LogP contribution in [0.25, 0.3) is 0 Å². The average Bonchev–Trinajstić information content (AvgIpc) is 3.13. The molecule has 1 N–H and O–H groups in total. The zero-order valence-electron chi connectivity index (χ0n) is 17.4. The number of nitrogens with zero attached hydrogens (tertiary/aromatic N) is 1. The van der Waals surface area contributed by atoms with Gasteiger partial charge in [-0.15, -0.1) is 0 Å². The Morgan fingerprint density at radius 2 is 1.90 bits per heavy atom. The van der Waals surface area contributed by atoms with Crippen molar-refractivity contribution < 1.29 is 32.0 Å². The third-order valence-corrected chi connectivity index (χ3v) is 6.41. The molecule has 8 nitrogen and oxygen atoms in total. The van der Waals surface area contributed by atoms with E-state index >= 15 is 0 Å². The van der Waals surface area contributed by atoms with Crippen LogP contribution < -0.4 is 13.8 Å². The van der Waals surface area contributed by atoms with Crippen molar-refractivity contribution in [2.75, 3.05) is 24.3 Å². The van der Waals surface area contributed by atoms with Gasteiger partial charge in [-0.25, -0.2) is 4.79 Å². The molecule has 1 atom stereocenters. The summed E-state index contributed by atoms with van der Waals surface area (Å²) in [6.07, 6.45) is 1.56. The normalized spacial score (nSPS) is 16.4. The van der Waals surface area contributed by atoms with E-state index in [1.807, 2.05) is 6.92 Å². The molecule has 1 aliphatic rings. The fourth-order valence-electron chi connectivity index (χ4n) is 3.51. The van der Waals surface area contributed by atoms with E-state index in [-0.39, 0.29) is 41.1 Å². The number of rotatable bonds is 9. The number of benzene rings is 2. The lowest BCUT2D eigenvalue weighted by molar-refractivity contribution is -0.117. The summed E-state index contributed by atoms with van der Waals surface area (Å²) >= 11 is 0. The Kier molecular flexibility index (Phi) is 6.84. The zero-order chi connectivity index (χ0) is 22.6. The Balaban J connectivity index is 1.73. The summed E-state index contributed by atoms with van der Waals surface area (Å²) in [7, 11) is -2.23. The molecule has 0 saturated carbocycles. The Hall–Kier alpha value is -3.07. The molecule has 1 heterocycles. The highest BCUT2D eigenvalue weighted by Crippen LogP contribution is 2.34. The number of aromatic carboxylic acids is 1. The van der Waals surface area contributed by atoms with E-state index in [9.17, 15) is 23.1 Å². The second-order valence-electron chi connectivity index (χ2n) is 7.36. The molecule has 2 aromatic rings. The van der Waals surface area contributed by atoms with Gasteiger partial charge in [0.25, 0.3) is 0 Å². The number of hydrogen-bond donors (Lipinski definition) is 1. The monoisotopic (exact) mass is 447 g/mol. The molecule has 1 fully saturated rings. The molecule has 0 aliphatic carbocycles. The van der Waals surface area contributed by atoms with Crippen molar-refractivity contribution in [1.82, 2.24) is 0 Å². The Labute approximate surface area is 181 Å².